The minimum absolute atomic E-state index is 0.216. The number of para-hydroxylation sites is 1. The Balaban J connectivity index is 1.56. The van der Waals surface area contributed by atoms with Crippen molar-refractivity contribution in [3.05, 3.63) is 59.6 Å². The van der Waals surface area contributed by atoms with E-state index in [1.54, 1.807) is 12.1 Å². The minimum Gasteiger partial charge on any atom is -0.491 e. The minimum atomic E-state index is 0.216. The van der Waals surface area contributed by atoms with Crippen molar-refractivity contribution >= 4 is 11.6 Å². The van der Waals surface area contributed by atoms with Crippen LogP contribution >= 0.6 is 11.6 Å². The summed E-state index contributed by atoms with van der Waals surface area (Å²) in [6, 6.07) is 16.8. The maximum absolute atomic E-state index is 5.78. The predicted octanol–water partition coefficient (Wildman–Crippen LogP) is 3.77. The van der Waals surface area contributed by atoms with Crippen molar-refractivity contribution in [1.82, 2.24) is 0 Å². The first-order chi connectivity index (χ1) is 9.34. The first kappa shape index (κ1) is 13.7. The van der Waals surface area contributed by atoms with Crippen molar-refractivity contribution in [3.8, 4) is 11.5 Å². The lowest BCUT2D eigenvalue weighted by Gasteiger charge is -2.08. The van der Waals surface area contributed by atoms with E-state index in [9.17, 15) is 0 Å². The average molecular weight is 279 g/mol. The van der Waals surface area contributed by atoms with E-state index in [1.807, 2.05) is 42.5 Å². The summed E-state index contributed by atoms with van der Waals surface area (Å²) in [4.78, 5) is 0. The number of hydrogen-bond donors (Lipinski definition) is 0. The van der Waals surface area contributed by atoms with Crippen LogP contribution in [0, 0.1) is 0 Å². The van der Waals surface area contributed by atoms with Crippen LogP contribution in [0.5, 0.6) is 11.5 Å². The fourth-order valence-electron chi connectivity index (χ4n) is 1.43. The molecule has 0 saturated carbocycles. The molecule has 0 saturated heterocycles. The second kappa shape index (κ2) is 7.67. The van der Waals surface area contributed by atoms with Crippen LogP contribution in [0.15, 0.2) is 54.6 Å². The van der Waals surface area contributed by atoms with Gasteiger partial charge in [-0.3, -0.25) is 0 Å². The molecule has 0 aliphatic carbocycles. The molecular weight excluding hydrogens is 264 g/mol. The van der Waals surface area contributed by atoms with Crippen LogP contribution in [-0.4, -0.2) is 20.0 Å². The molecule has 2 aromatic carbocycles. The number of benzene rings is 2. The Morgan fingerprint density at radius 3 is 2.16 bits per heavy atom. The fourth-order valence-corrected chi connectivity index (χ4v) is 1.56. The lowest BCUT2D eigenvalue weighted by molar-refractivity contribution is 0.00247. The summed E-state index contributed by atoms with van der Waals surface area (Å²) >= 11 is 5.78. The maximum atomic E-state index is 5.78. The van der Waals surface area contributed by atoms with E-state index in [4.69, 9.17) is 25.8 Å². The van der Waals surface area contributed by atoms with Crippen molar-refractivity contribution in [2.24, 2.45) is 0 Å². The van der Waals surface area contributed by atoms with Gasteiger partial charge in [-0.05, 0) is 36.4 Å². The molecule has 0 unspecified atom stereocenters. The van der Waals surface area contributed by atoms with Gasteiger partial charge in [0.25, 0.3) is 0 Å². The first-order valence-electron chi connectivity index (χ1n) is 5.98. The largest absolute Gasteiger partial charge is 0.491 e. The third kappa shape index (κ3) is 5.20. The van der Waals surface area contributed by atoms with Crippen molar-refractivity contribution in [1.29, 1.82) is 0 Å². The molecule has 0 aliphatic rings. The van der Waals surface area contributed by atoms with Crippen LogP contribution in [0.1, 0.15) is 0 Å². The van der Waals surface area contributed by atoms with E-state index in [1.165, 1.54) is 0 Å². The summed E-state index contributed by atoms with van der Waals surface area (Å²) in [6.07, 6.45) is 0. The standard InChI is InChI=1S/C15H15ClO3/c16-13-6-8-15(9-7-13)18-11-10-17-12-19-14-4-2-1-3-5-14/h1-9H,10-12H2. The van der Waals surface area contributed by atoms with Crippen molar-refractivity contribution in [2.45, 2.75) is 0 Å². The van der Waals surface area contributed by atoms with E-state index < -0.39 is 0 Å². The molecule has 2 aromatic rings. The molecule has 0 fully saturated rings. The topological polar surface area (TPSA) is 27.7 Å². The second-order valence-corrected chi connectivity index (χ2v) is 4.22. The van der Waals surface area contributed by atoms with Gasteiger partial charge < -0.3 is 14.2 Å². The molecule has 0 amide bonds. The highest BCUT2D eigenvalue weighted by molar-refractivity contribution is 6.30. The summed E-state index contributed by atoms with van der Waals surface area (Å²) < 4.78 is 16.2. The van der Waals surface area contributed by atoms with E-state index >= 15 is 0 Å². The fraction of sp³-hybridized carbons (Fsp3) is 0.200. The Hall–Kier alpha value is -1.71. The first-order valence-corrected chi connectivity index (χ1v) is 6.36. The molecule has 0 aromatic heterocycles. The summed E-state index contributed by atoms with van der Waals surface area (Å²) in [5, 5.41) is 0.694. The highest BCUT2D eigenvalue weighted by Crippen LogP contribution is 2.15. The highest BCUT2D eigenvalue weighted by atomic mass is 35.5. The van der Waals surface area contributed by atoms with Gasteiger partial charge in [0.1, 0.15) is 18.1 Å². The van der Waals surface area contributed by atoms with Gasteiger partial charge in [0.05, 0.1) is 6.61 Å². The van der Waals surface area contributed by atoms with Crippen molar-refractivity contribution in [3.63, 3.8) is 0 Å². The van der Waals surface area contributed by atoms with Crippen LogP contribution in [0.25, 0.3) is 0 Å². The van der Waals surface area contributed by atoms with Crippen LogP contribution in [0.2, 0.25) is 5.02 Å². The monoisotopic (exact) mass is 278 g/mol. The van der Waals surface area contributed by atoms with Crippen LogP contribution in [0.4, 0.5) is 0 Å². The van der Waals surface area contributed by atoms with Gasteiger partial charge in [-0.1, -0.05) is 29.8 Å². The van der Waals surface area contributed by atoms with Gasteiger partial charge in [0.2, 0.25) is 0 Å². The Labute approximate surface area is 117 Å². The third-order valence-corrected chi connectivity index (χ3v) is 2.61. The molecular formula is C15H15ClO3. The second-order valence-electron chi connectivity index (χ2n) is 3.79. The molecule has 0 bridgehead atoms. The Bertz CT molecular complexity index is 471. The summed E-state index contributed by atoms with van der Waals surface area (Å²) in [7, 11) is 0. The third-order valence-electron chi connectivity index (χ3n) is 2.36. The molecule has 0 atom stereocenters. The zero-order valence-electron chi connectivity index (χ0n) is 10.4. The number of ether oxygens (including phenoxy) is 3. The molecule has 2 rings (SSSR count). The quantitative estimate of drug-likeness (QED) is 0.570. The van der Waals surface area contributed by atoms with E-state index in [2.05, 4.69) is 0 Å². The van der Waals surface area contributed by atoms with Gasteiger partial charge >= 0.3 is 0 Å². The predicted molar refractivity (Wildman–Crippen MR) is 74.8 cm³/mol. The maximum Gasteiger partial charge on any atom is 0.189 e. The van der Waals surface area contributed by atoms with Crippen LogP contribution < -0.4 is 9.47 Å². The zero-order valence-corrected chi connectivity index (χ0v) is 11.2. The molecule has 0 N–H and O–H groups in total. The van der Waals surface area contributed by atoms with Gasteiger partial charge in [0.15, 0.2) is 6.79 Å². The molecule has 4 heteroatoms. The van der Waals surface area contributed by atoms with Gasteiger partial charge in [-0.15, -0.1) is 0 Å². The Morgan fingerprint density at radius 1 is 0.737 bits per heavy atom. The van der Waals surface area contributed by atoms with Crippen LogP contribution in [0.3, 0.4) is 0 Å². The van der Waals surface area contributed by atoms with E-state index in [-0.39, 0.29) is 6.79 Å². The number of hydrogen-bond acceptors (Lipinski definition) is 3. The number of rotatable bonds is 7. The van der Waals surface area contributed by atoms with E-state index in [0.29, 0.717) is 18.2 Å². The molecule has 3 nitrogen and oxygen atoms in total. The summed E-state index contributed by atoms with van der Waals surface area (Å²) in [6.45, 7) is 1.16. The van der Waals surface area contributed by atoms with Gasteiger partial charge in [0, 0.05) is 5.02 Å². The smallest absolute Gasteiger partial charge is 0.189 e. The van der Waals surface area contributed by atoms with Crippen molar-refractivity contribution in [2.75, 3.05) is 20.0 Å². The van der Waals surface area contributed by atoms with E-state index in [0.717, 1.165) is 11.5 Å². The summed E-state index contributed by atoms with van der Waals surface area (Å²) in [5.41, 5.74) is 0. The molecule has 100 valence electrons. The van der Waals surface area contributed by atoms with Crippen LogP contribution in [-0.2, 0) is 4.74 Å². The Morgan fingerprint density at radius 2 is 1.42 bits per heavy atom. The SMILES string of the molecule is Clc1ccc(OCCOCOc2ccccc2)cc1. The lowest BCUT2D eigenvalue weighted by Crippen LogP contribution is -2.10. The normalized spacial score (nSPS) is 10.2. The molecule has 0 radical (unpaired) electrons. The van der Waals surface area contributed by atoms with Crippen molar-refractivity contribution < 1.29 is 14.2 Å². The van der Waals surface area contributed by atoms with Gasteiger partial charge in [-0.2, -0.15) is 0 Å². The molecule has 19 heavy (non-hydrogen) atoms. The number of halogens is 1. The molecule has 0 heterocycles. The highest BCUT2D eigenvalue weighted by Gasteiger charge is 1.95. The lowest BCUT2D eigenvalue weighted by atomic mass is 10.3. The molecule has 0 aliphatic heterocycles. The summed E-state index contributed by atoms with van der Waals surface area (Å²) in [5.74, 6) is 1.57. The zero-order chi connectivity index (χ0) is 13.3. The Kier molecular flexibility index (Phi) is 5.53. The molecule has 0 spiro atoms. The average Bonchev–Trinajstić information content (AvgIpc) is 2.46. The van der Waals surface area contributed by atoms with Gasteiger partial charge in [-0.25, -0.2) is 0 Å².